The highest BCUT2D eigenvalue weighted by Crippen LogP contribution is 2.35. The minimum Gasteiger partial charge on any atom is -0.493 e. The third-order valence-corrected chi connectivity index (χ3v) is 6.00. The van der Waals surface area contributed by atoms with E-state index in [1.807, 2.05) is 6.92 Å². The summed E-state index contributed by atoms with van der Waals surface area (Å²) in [4.78, 5) is 41.6. The average Bonchev–Trinajstić information content (AvgIpc) is 3.22. The van der Waals surface area contributed by atoms with Gasteiger partial charge in [-0.15, -0.1) is 11.3 Å². The number of carbonyl (C=O) groups excluding carboxylic acids is 2. The van der Waals surface area contributed by atoms with Gasteiger partial charge in [0.1, 0.15) is 12.2 Å². The number of aryl methyl sites for hydroxylation is 1. The van der Waals surface area contributed by atoms with Crippen LogP contribution in [0.25, 0.3) is 21.5 Å². The molecule has 0 spiro atoms. The largest absolute Gasteiger partial charge is 0.493 e. The van der Waals surface area contributed by atoms with Crippen LogP contribution in [0.15, 0.2) is 47.3 Å². The van der Waals surface area contributed by atoms with Crippen LogP contribution in [0.5, 0.6) is 11.5 Å². The number of benzene rings is 2. The second-order valence-electron chi connectivity index (χ2n) is 7.60. The Hall–Kier alpha value is -4.25. The molecular weight excluding hydrogens is 470 g/mol. The predicted molar refractivity (Wildman–Crippen MR) is 134 cm³/mol. The van der Waals surface area contributed by atoms with Crippen molar-refractivity contribution in [2.45, 2.75) is 20.4 Å². The van der Waals surface area contributed by atoms with Gasteiger partial charge in [-0.3, -0.25) is 14.4 Å². The molecule has 0 aliphatic rings. The smallest absolute Gasteiger partial charge is 0.294 e. The van der Waals surface area contributed by atoms with Crippen LogP contribution in [0.3, 0.4) is 0 Å². The number of anilines is 2. The highest BCUT2D eigenvalue weighted by Gasteiger charge is 2.19. The molecular formula is C24H23N5O5S. The summed E-state index contributed by atoms with van der Waals surface area (Å²) >= 11 is 1.35. The summed E-state index contributed by atoms with van der Waals surface area (Å²) in [6, 6.07) is 12.0. The molecule has 0 unspecified atom stereocenters. The maximum Gasteiger partial charge on any atom is 0.294 e. The van der Waals surface area contributed by atoms with E-state index in [1.165, 1.54) is 25.4 Å². The molecule has 11 heteroatoms. The molecule has 2 heterocycles. The fraction of sp³-hybridized carbons (Fsp3) is 0.208. The second-order valence-corrected chi connectivity index (χ2v) is 8.81. The number of nitrogens with one attached hydrogen (secondary N) is 2. The molecule has 2 aromatic carbocycles. The van der Waals surface area contributed by atoms with Gasteiger partial charge < -0.3 is 20.1 Å². The van der Waals surface area contributed by atoms with Crippen molar-refractivity contribution in [3.8, 4) is 22.8 Å². The topological polar surface area (TPSA) is 124 Å². The molecule has 0 radical (unpaired) electrons. The molecule has 0 bridgehead atoms. The van der Waals surface area contributed by atoms with Crippen molar-refractivity contribution in [3.05, 3.63) is 57.8 Å². The maximum atomic E-state index is 13.1. The van der Waals surface area contributed by atoms with Crippen molar-refractivity contribution in [3.63, 3.8) is 0 Å². The number of rotatable bonds is 7. The number of thiazole rings is 1. The van der Waals surface area contributed by atoms with Gasteiger partial charge in [0.05, 0.1) is 23.9 Å². The minimum absolute atomic E-state index is 0.223. The van der Waals surface area contributed by atoms with E-state index >= 15 is 0 Å². The van der Waals surface area contributed by atoms with Gasteiger partial charge in [-0.2, -0.15) is 5.10 Å². The number of carbonyl (C=O) groups is 2. The Morgan fingerprint density at radius 3 is 2.43 bits per heavy atom. The quantitative estimate of drug-likeness (QED) is 0.404. The Balaban J connectivity index is 1.70. The van der Waals surface area contributed by atoms with Crippen LogP contribution < -0.4 is 25.7 Å². The van der Waals surface area contributed by atoms with Crippen molar-refractivity contribution in [2.75, 3.05) is 24.9 Å². The molecule has 180 valence electrons. The SMILES string of the molecule is COc1ccc(-c2nn(CC(=O)Nc3cccc(NC(C)=O)c3)c(=O)c3nc(C)sc23)cc1OC. The summed E-state index contributed by atoms with van der Waals surface area (Å²) in [5, 5.41) is 10.6. The second kappa shape index (κ2) is 9.94. The maximum absolute atomic E-state index is 13.1. The molecule has 0 atom stereocenters. The lowest BCUT2D eigenvalue weighted by molar-refractivity contribution is -0.117. The fourth-order valence-corrected chi connectivity index (χ4v) is 4.48. The van der Waals surface area contributed by atoms with Crippen molar-refractivity contribution in [1.82, 2.24) is 14.8 Å². The van der Waals surface area contributed by atoms with Crippen LogP contribution in [-0.4, -0.2) is 40.8 Å². The van der Waals surface area contributed by atoms with Crippen LogP contribution in [0.4, 0.5) is 11.4 Å². The number of methoxy groups -OCH3 is 2. The Morgan fingerprint density at radius 1 is 1.03 bits per heavy atom. The normalized spacial score (nSPS) is 10.7. The predicted octanol–water partition coefficient (Wildman–Crippen LogP) is 3.44. The number of hydrogen-bond donors (Lipinski definition) is 2. The lowest BCUT2D eigenvalue weighted by atomic mass is 10.1. The van der Waals surface area contributed by atoms with Crippen LogP contribution in [0.2, 0.25) is 0 Å². The molecule has 4 aromatic rings. The summed E-state index contributed by atoms with van der Waals surface area (Å²) < 4.78 is 12.4. The van der Waals surface area contributed by atoms with Crippen molar-refractivity contribution in [1.29, 1.82) is 0 Å². The van der Waals surface area contributed by atoms with Gasteiger partial charge in [0.15, 0.2) is 17.0 Å². The summed E-state index contributed by atoms with van der Waals surface area (Å²) in [7, 11) is 3.08. The number of aromatic nitrogens is 3. The van der Waals surface area contributed by atoms with E-state index in [1.54, 1.807) is 49.6 Å². The van der Waals surface area contributed by atoms with Crippen LogP contribution in [0.1, 0.15) is 11.9 Å². The molecule has 0 aliphatic heterocycles. The van der Waals surface area contributed by atoms with E-state index < -0.39 is 11.5 Å². The van der Waals surface area contributed by atoms with Gasteiger partial charge in [-0.1, -0.05) is 6.07 Å². The summed E-state index contributed by atoms with van der Waals surface area (Å²) in [5.41, 5.74) is 1.99. The van der Waals surface area contributed by atoms with Crippen molar-refractivity contribution >= 4 is 44.7 Å². The number of fused-ring (bicyclic) bond motifs is 1. The van der Waals surface area contributed by atoms with E-state index in [0.29, 0.717) is 43.8 Å². The molecule has 2 aromatic heterocycles. The number of hydrogen-bond acceptors (Lipinski definition) is 8. The molecule has 35 heavy (non-hydrogen) atoms. The van der Waals surface area contributed by atoms with Gasteiger partial charge >= 0.3 is 0 Å². The zero-order valence-corrected chi connectivity index (χ0v) is 20.4. The van der Waals surface area contributed by atoms with Crippen LogP contribution in [0, 0.1) is 6.92 Å². The molecule has 0 aliphatic carbocycles. The number of ether oxygens (including phenoxy) is 2. The number of amides is 2. The van der Waals surface area contributed by atoms with Gasteiger partial charge in [0.25, 0.3) is 5.56 Å². The standard InChI is InChI=1S/C24H23N5O5S/c1-13(30)25-16-6-5-7-17(11-16)27-20(31)12-29-24(32)22-23(35-14(2)26-22)21(28-29)15-8-9-18(33-3)19(10-15)34-4/h5-11H,12H2,1-4H3,(H,25,30)(H,27,31). The van der Waals surface area contributed by atoms with E-state index in [9.17, 15) is 14.4 Å². The molecule has 4 rings (SSSR count). The fourth-order valence-electron chi connectivity index (χ4n) is 3.56. The first-order chi connectivity index (χ1) is 16.8. The molecule has 2 N–H and O–H groups in total. The van der Waals surface area contributed by atoms with E-state index in [0.717, 1.165) is 4.68 Å². The molecule has 2 amide bonds. The highest BCUT2D eigenvalue weighted by atomic mass is 32.1. The van der Waals surface area contributed by atoms with Crippen molar-refractivity contribution < 1.29 is 19.1 Å². The van der Waals surface area contributed by atoms with Gasteiger partial charge in [-0.25, -0.2) is 9.67 Å². The Kier molecular flexibility index (Phi) is 6.78. The van der Waals surface area contributed by atoms with Gasteiger partial charge in [0, 0.05) is 23.9 Å². The molecule has 0 saturated carbocycles. The van der Waals surface area contributed by atoms with Crippen LogP contribution >= 0.6 is 11.3 Å². The molecule has 0 saturated heterocycles. The zero-order chi connectivity index (χ0) is 25.1. The monoisotopic (exact) mass is 493 g/mol. The molecule has 0 fully saturated rings. The van der Waals surface area contributed by atoms with Gasteiger partial charge in [-0.05, 0) is 43.3 Å². The summed E-state index contributed by atoms with van der Waals surface area (Å²) in [5.74, 6) is 0.390. The van der Waals surface area contributed by atoms with E-state index in [-0.39, 0.29) is 18.0 Å². The summed E-state index contributed by atoms with van der Waals surface area (Å²) in [6.45, 7) is 2.88. The van der Waals surface area contributed by atoms with E-state index in [4.69, 9.17) is 9.47 Å². The lowest BCUT2D eigenvalue weighted by Crippen LogP contribution is -2.30. The van der Waals surface area contributed by atoms with Crippen LogP contribution in [-0.2, 0) is 16.1 Å². The first-order valence-electron chi connectivity index (χ1n) is 10.6. The number of nitrogens with zero attached hydrogens (tertiary/aromatic N) is 3. The van der Waals surface area contributed by atoms with Gasteiger partial charge in [0.2, 0.25) is 11.8 Å². The lowest BCUT2D eigenvalue weighted by Gasteiger charge is -2.12. The summed E-state index contributed by atoms with van der Waals surface area (Å²) in [6.07, 6.45) is 0. The Morgan fingerprint density at radius 2 is 1.74 bits per heavy atom. The zero-order valence-electron chi connectivity index (χ0n) is 19.5. The first kappa shape index (κ1) is 23.9. The Bertz CT molecular complexity index is 1490. The minimum atomic E-state index is -0.462. The average molecular weight is 494 g/mol. The van der Waals surface area contributed by atoms with Crippen molar-refractivity contribution in [2.24, 2.45) is 0 Å². The molecule has 10 nitrogen and oxygen atoms in total. The Labute approximate surface area is 204 Å². The third-order valence-electron chi connectivity index (χ3n) is 5.02. The first-order valence-corrected chi connectivity index (χ1v) is 11.4. The van der Waals surface area contributed by atoms with E-state index in [2.05, 4.69) is 20.7 Å². The highest BCUT2D eigenvalue weighted by molar-refractivity contribution is 7.19. The third kappa shape index (κ3) is 5.14.